The molecule has 0 aliphatic carbocycles. The van der Waals surface area contributed by atoms with Crippen molar-refractivity contribution in [2.75, 3.05) is 6.61 Å². The Morgan fingerprint density at radius 3 is 2.12 bits per heavy atom. The van der Waals surface area contributed by atoms with Crippen molar-refractivity contribution in [3.63, 3.8) is 0 Å². The zero-order chi connectivity index (χ0) is 17.4. The summed E-state index contributed by atoms with van der Waals surface area (Å²) in [5, 5.41) is 20.1. The quantitative estimate of drug-likeness (QED) is 0.596. The van der Waals surface area contributed by atoms with E-state index in [1.54, 1.807) is 6.92 Å². The molecule has 0 saturated carbocycles. The lowest BCUT2D eigenvalue weighted by molar-refractivity contribution is -0.324. The van der Waals surface area contributed by atoms with Gasteiger partial charge in [-0.15, -0.1) is 0 Å². The van der Waals surface area contributed by atoms with E-state index in [-0.39, 0.29) is 18.5 Å². The molecule has 0 bridgehead atoms. The third kappa shape index (κ3) is 5.95. The van der Waals surface area contributed by atoms with Gasteiger partial charge in [-0.1, -0.05) is 58.3 Å². The maximum absolute atomic E-state index is 10.2. The zero-order valence-electron chi connectivity index (χ0n) is 15.4. The molecule has 0 radical (unpaired) electrons. The van der Waals surface area contributed by atoms with Gasteiger partial charge in [-0.2, -0.15) is 0 Å². The van der Waals surface area contributed by atoms with Crippen LogP contribution in [-0.4, -0.2) is 53.6 Å². The van der Waals surface area contributed by atoms with Gasteiger partial charge in [0.25, 0.3) is 0 Å². The van der Waals surface area contributed by atoms with Crippen molar-refractivity contribution in [2.24, 2.45) is 0 Å². The lowest BCUT2D eigenvalue weighted by Gasteiger charge is -2.45. The van der Waals surface area contributed by atoms with E-state index in [1.807, 2.05) is 0 Å². The van der Waals surface area contributed by atoms with Crippen molar-refractivity contribution in [3.05, 3.63) is 0 Å². The second-order valence-electron chi connectivity index (χ2n) is 7.34. The maximum Gasteiger partial charge on any atom is 0.158 e. The van der Waals surface area contributed by atoms with Crippen molar-refractivity contribution in [1.29, 1.82) is 0 Å². The molecule has 3 unspecified atom stereocenters. The second-order valence-corrected chi connectivity index (χ2v) is 7.34. The average molecular weight is 344 g/mol. The molecule has 2 aliphatic rings. The molecule has 2 N–H and O–H groups in total. The Kier molecular flexibility index (Phi) is 8.98. The Morgan fingerprint density at radius 1 is 0.833 bits per heavy atom. The Hall–Kier alpha value is -0.200. The van der Waals surface area contributed by atoms with Crippen LogP contribution in [0.25, 0.3) is 0 Å². The van der Waals surface area contributed by atoms with Crippen LogP contribution in [0.4, 0.5) is 0 Å². The van der Waals surface area contributed by atoms with Crippen molar-refractivity contribution in [3.8, 4) is 0 Å². The van der Waals surface area contributed by atoms with Gasteiger partial charge in [0.15, 0.2) is 6.29 Å². The van der Waals surface area contributed by atoms with Gasteiger partial charge in [-0.05, 0) is 19.8 Å². The number of unbranched alkanes of at least 4 members (excludes halogenated alkanes) is 8. The molecule has 5 heteroatoms. The van der Waals surface area contributed by atoms with E-state index in [1.165, 1.54) is 51.4 Å². The fraction of sp³-hybridized carbons (Fsp3) is 1.00. The van der Waals surface area contributed by atoms with E-state index >= 15 is 0 Å². The summed E-state index contributed by atoms with van der Waals surface area (Å²) < 4.78 is 17.2. The lowest BCUT2D eigenvalue weighted by atomic mass is 9.95. The molecule has 0 aromatic carbocycles. The Balaban J connectivity index is 1.55. The predicted molar refractivity (Wildman–Crippen MR) is 92.8 cm³/mol. The van der Waals surface area contributed by atoms with E-state index in [2.05, 4.69) is 6.92 Å². The summed E-state index contributed by atoms with van der Waals surface area (Å²) in [4.78, 5) is 0. The standard InChI is InChI=1S/C19H36O5/c1-3-4-5-6-7-8-9-10-11-12-16-22-13-15-19(24-16)18(21)17(20)14(2)23-15/h14-21H,3-13H2,1-2H3/t14-,15?,16?,17?,18+,19+/m0/s1. The Morgan fingerprint density at radius 2 is 1.46 bits per heavy atom. The number of rotatable bonds is 10. The molecule has 2 saturated heterocycles. The van der Waals surface area contributed by atoms with E-state index in [9.17, 15) is 10.2 Å². The van der Waals surface area contributed by atoms with Gasteiger partial charge in [0.1, 0.15) is 24.4 Å². The summed E-state index contributed by atoms with van der Waals surface area (Å²) in [7, 11) is 0. The van der Waals surface area contributed by atoms with Crippen molar-refractivity contribution in [2.45, 2.75) is 115 Å². The number of aliphatic hydroxyl groups is 2. The lowest BCUT2D eigenvalue weighted by Crippen LogP contribution is -2.62. The minimum absolute atomic E-state index is 0.280. The van der Waals surface area contributed by atoms with Crippen LogP contribution in [0.15, 0.2) is 0 Å². The average Bonchev–Trinajstić information content (AvgIpc) is 2.59. The van der Waals surface area contributed by atoms with E-state index in [4.69, 9.17) is 14.2 Å². The summed E-state index contributed by atoms with van der Waals surface area (Å²) in [5.74, 6) is 0. The van der Waals surface area contributed by atoms with Crippen molar-refractivity contribution >= 4 is 0 Å². The topological polar surface area (TPSA) is 68.2 Å². The van der Waals surface area contributed by atoms with Crippen LogP contribution in [0.5, 0.6) is 0 Å². The van der Waals surface area contributed by atoms with E-state index < -0.39 is 18.3 Å². The normalized spacial score (nSPS) is 36.5. The number of hydrogen-bond donors (Lipinski definition) is 2. The monoisotopic (exact) mass is 344 g/mol. The molecule has 142 valence electrons. The van der Waals surface area contributed by atoms with Crippen LogP contribution in [0.3, 0.4) is 0 Å². The van der Waals surface area contributed by atoms with Gasteiger partial charge in [0.05, 0.1) is 12.7 Å². The van der Waals surface area contributed by atoms with Gasteiger partial charge in [0, 0.05) is 0 Å². The third-order valence-corrected chi connectivity index (χ3v) is 5.22. The first-order valence-corrected chi connectivity index (χ1v) is 9.92. The fourth-order valence-corrected chi connectivity index (χ4v) is 3.62. The number of fused-ring (bicyclic) bond motifs is 1. The van der Waals surface area contributed by atoms with Gasteiger partial charge in [0.2, 0.25) is 0 Å². The predicted octanol–water partition coefficient (Wildman–Crippen LogP) is 3.16. The van der Waals surface area contributed by atoms with E-state index in [0.29, 0.717) is 6.61 Å². The molecule has 24 heavy (non-hydrogen) atoms. The van der Waals surface area contributed by atoms with Crippen LogP contribution in [0, 0.1) is 0 Å². The maximum atomic E-state index is 10.2. The Labute approximate surface area is 146 Å². The molecule has 2 fully saturated rings. The first kappa shape index (κ1) is 20.1. The minimum atomic E-state index is -0.895. The zero-order valence-corrected chi connectivity index (χ0v) is 15.4. The first-order valence-electron chi connectivity index (χ1n) is 9.92. The number of ether oxygens (including phenoxy) is 3. The molecule has 5 nitrogen and oxygen atoms in total. The highest BCUT2D eigenvalue weighted by atomic mass is 16.7. The fourth-order valence-electron chi connectivity index (χ4n) is 3.62. The molecule has 2 aliphatic heterocycles. The molecule has 2 heterocycles. The van der Waals surface area contributed by atoms with Crippen LogP contribution >= 0.6 is 0 Å². The molecule has 2 rings (SSSR count). The molecule has 0 spiro atoms. The summed E-state index contributed by atoms with van der Waals surface area (Å²) in [5.41, 5.74) is 0. The molecule has 6 atom stereocenters. The SMILES string of the molecule is CCCCCCCCCCCC1OCC2O[C@@H](C)C(O)[C@@H](O)[C@@H]2O1. The highest BCUT2D eigenvalue weighted by molar-refractivity contribution is 4.93. The minimum Gasteiger partial charge on any atom is -0.388 e. The van der Waals surface area contributed by atoms with E-state index in [0.717, 1.165) is 12.8 Å². The summed E-state index contributed by atoms with van der Waals surface area (Å²) >= 11 is 0. The van der Waals surface area contributed by atoms with Gasteiger partial charge < -0.3 is 24.4 Å². The van der Waals surface area contributed by atoms with Crippen LogP contribution in [-0.2, 0) is 14.2 Å². The molecule has 0 aromatic rings. The van der Waals surface area contributed by atoms with Gasteiger partial charge in [-0.25, -0.2) is 0 Å². The second kappa shape index (κ2) is 10.7. The summed E-state index contributed by atoms with van der Waals surface area (Å²) in [6.07, 6.45) is 9.25. The number of aliphatic hydroxyl groups excluding tert-OH is 2. The van der Waals surface area contributed by atoms with Crippen molar-refractivity contribution in [1.82, 2.24) is 0 Å². The van der Waals surface area contributed by atoms with Crippen LogP contribution in [0.1, 0.15) is 78.1 Å². The molecule has 0 amide bonds. The smallest absolute Gasteiger partial charge is 0.158 e. The van der Waals surface area contributed by atoms with Crippen LogP contribution < -0.4 is 0 Å². The van der Waals surface area contributed by atoms with Crippen molar-refractivity contribution < 1.29 is 24.4 Å². The molecule has 0 aromatic heterocycles. The summed E-state index contributed by atoms with van der Waals surface area (Å²) in [6.45, 7) is 4.44. The van der Waals surface area contributed by atoms with Gasteiger partial charge >= 0.3 is 0 Å². The first-order chi connectivity index (χ1) is 11.6. The number of hydrogen-bond acceptors (Lipinski definition) is 5. The summed E-state index contributed by atoms with van der Waals surface area (Å²) in [6, 6.07) is 0. The molecular formula is C19H36O5. The largest absolute Gasteiger partial charge is 0.388 e. The highest BCUT2D eigenvalue weighted by Gasteiger charge is 2.46. The third-order valence-electron chi connectivity index (χ3n) is 5.22. The van der Waals surface area contributed by atoms with Gasteiger partial charge in [-0.3, -0.25) is 0 Å². The Bertz CT molecular complexity index is 336. The highest BCUT2D eigenvalue weighted by Crippen LogP contribution is 2.29. The van der Waals surface area contributed by atoms with Crippen LogP contribution in [0.2, 0.25) is 0 Å². The molecular weight excluding hydrogens is 308 g/mol.